The van der Waals surface area contributed by atoms with E-state index < -0.39 is 0 Å². The van der Waals surface area contributed by atoms with Crippen LogP contribution < -0.4 is 5.32 Å². The van der Waals surface area contributed by atoms with Crippen LogP contribution in [0.5, 0.6) is 0 Å². The molecule has 0 aliphatic rings. The van der Waals surface area contributed by atoms with Gasteiger partial charge in [0.15, 0.2) is 0 Å². The summed E-state index contributed by atoms with van der Waals surface area (Å²) in [6, 6.07) is 1.99. The quantitative estimate of drug-likeness (QED) is 0.842. The van der Waals surface area contributed by atoms with Crippen LogP contribution >= 0.6 is 0 Å². The number of aromatic nitrogens is 4. The Morgan fingerprint density at radius 3 is 2.60 bits per heavy atom. The lowest BCUT2D eigenvalue weighted by Gasteiger charge is -2.11. The van der Waals surface area contributed by atoms with Gasteiger partial charge in [0, 0.05) is 37.8 Å². The third kappa shape index (κ3) is 3.35. The molecule has 0 spiro atoms. The van der Waals surface area contributed by atoms with Crippen molar-refractivity contribution in [1.82, 2.24) is 19.5 Å². The minimum atomic E-state index is 0.855. The van der Waals surface area contributed by atoms with Gasteiger partial charge in [0.05, 0.1) is 0 Å². The summed E-state index contributed by atoms with van der Waals surface area (Å²) in [5.74, 6) is 3.73. The van der Waals surface area contributed by atoms with Gasteiger partial charge < -0.3 is 5.32 Å². The van der Waals surface area contributed by atoms with Crippen LogP contribution in [-0.2, 0) is 12.8 Å². The highest BCUT2D eigenvalue weighted by Crippen LogP contribution is 2.15. The molecule has 0 fully saturated rings. The van der Waals surface area contributed by atoms with Crippen molar-refractivity contribution in [2.24, 2.45) is 0 Å². The van der Waals surface area contributed by atoms with Crippen LogP contribution in [0.4, 0.5) is 5.82 Å². The Labute approximate surface area is 120 Å². The molecule has 0 atom stereocenters. The van der Waals surface area contributed by atoms with Crippen LogP contribution in [0, 0.1) is 0 Å². The predicted molar refractivity (Wildman–Crippen MR) is 81.3 cm³/mol. The summed E-state index contributed by atoms with van der Waals surface area (Å²) in [5, 5.41) is 3.28. The second-order valence-electron chi connectivity index (χ2n) is 4.77. The summed E-state index contributed by atoms with van der Waals surface area (Å²) in [6.07, 6.45) is 7.77. The molecule has 0 saturated carbocycles. The zero-order valence-corrected chi connectivity index (χ0v) is 12.6. The van der Waals surface area contributed by atoms with Crippen LogP contribution in [0.2, 0.25) is 0 Å². The van der Waals surface area contributed by atoms with E-state index in [0.29, 0.717) is 0 Å². The SMILES string of the molecule is CCCc1nc(NCC)cc(-n2ccnc2CCC)n1. The number of hydrogen-bond donors (Lipinski definition) is 1. The van der Waals surface area contributed by atoms with Crippen LogP contribution in [0.15, 0.2) is 18.5 Å². The fraction of sp³-hybridized carbons (Fsp3) is 0.533. The average Bonchev–Trinajstić information content (AvgIpc) is 2.88. The monoisotopic (exact) mass is 273 g/mol. The molecule has 5 heteroatoms. The molecule has 108 valence electrons. The van der Waals surface area contributed by atoms with Gasteiger partial charge in [-0.25, -0.2) is 15.0 Å². The first-order valence-electron chi connectivity index (χ1n) is 7.42. The molecule has 0 aliphatic heterocycles. The lowest BCUT2D eigenvalue weighted by atomic mass is 10.3. The fourth-order valence-corrected chi connectivity index (χ4v) is 2.17. The number of anilines is 1. The van der Waals surface area contributed by atoms with Crippen molar-refractivity contribution >= 4 is 5.82 Å². The Morgan fingerprint density at radius 2 is 1.90 bits per heavy atom. The normalized spacial score (nSPS) is 10.8. The Morgan fingerprint density at radius 1 is 1.10 bits per heavy atom. The van der Waals surface area contributed by atoms with Crippen LogP contribution in [0.25, 0.3) is 5.82 Å². The Kier molecular flexibility index (Phi) is 5.09. The fourth-order valence-electron chi connectivity index (χ4n) is 2.17. The third-order valence-electron chi connectivity index (χ3n) is 3.03. The predicted octanol–water partition coefficient (Wildman–Crippen LogP) is 3.00. The average molecular weight is 273 g/mol. The first-order chi connectivity index (χ1) is 9.78. The smallest absolute Gasteiger partial charge is 0.143 e. The molecule has 0 radical (unpaired) electrons. The molecule has 5 nitrogen and oxygen atoms in total. The van der Waals surface area contributed by atoms with Gasteiger partial charge in [-0.05, 0) is 19.8 Å². The van der Waals surface area contributed by atoms with E-state index in [9.17, 15) is 0 Å². The molecule has 0 unspecified atom stereocenters. The van der Waals surface area contributed by atoms with Crippen molar-refractivity contribution in [2.45, 2.75) is 46.5 Å². The highest BCUT2D eigenvalue weighted by Gasteiger charge is 2.09. The van der Waals surface area contributed by atoms with Gasteiger partial charge in [-0.3, -0.25) is 4.57 Å². The van der Waals surface area contributed by atoms with Gasteiger partial charge >= 0.3 is 0 Å². The molecule has 2 aromatic rings. The number of nitrogens with one attached hydrogen (secondary N) is 1. The lowest BCUT2D eigenvalue weighted by Crippen LogP contribution is -2.09. The molecule has 0 aliphatic carbocycles. The summed E-state index contributed by atoms with van der Waals surface area (Å²) in [7, 11) is 0. The zero-order chi connectivity index (χ0) is 14.4. The maximum absolute atomic E-state index is 4.66. The lowest BCUT2D eigenvalue weighted by molar-refractivity contribution is 0.775. The first-order valence-corrected chi connectivity index (χ1v) is 7.42. The van der Waals surface area contributed by atoms with Gasteiger partial charge in [-0.1, -0.05) is 13.8 Å². The van der Waals surface area contributed by atoms with E-state index in [1.54, 1.807) is 0 Å². The molecular formula is C15H23N5. The molecule has 2 rings (SSSR count). The summed E-state index contributed by atoms with van der Waals surface area (Å²) in [5.41, 5.74) is 0. The van der Waals surface area contributed by atoms with E-state index in [-0.39, 0.29) is 0 Å². The number of hydrogen-bond acceptors (Lipinski definition) is 4. The molecule has 0 saturated heterocycles. The van der Waals surface area contributed by atoms with E-state index in [1.807, 2.05) is 18.5 Å². The summed E-state index contributed by atoms with van der Waals surface area (Å²) in [6.45, 7) is 7.23. The van der Waals surface area contributed by atoms with Crippen molar-refractivity contribution in [2.75, 3.05) is 11.9 Å². The van der Waals surface area contributed by atoms with Gasteiger partial charge in [0.1, 0.15) is 23.3 Å². The minimum absolute atomic E-state index is 0.855. The second kappa shape index (κ2) is 7.03. The van der Waals surface area contributed by atoms with Crippen molar-refractivity contribution < 1.29 is 0 Å². The molecule has 0 aromatic carbocycles. The highest BCUT2D eigenvalue weighted by molar-refractivity contribution is 5.42. The van der Waals surface area contributed by atoms with Crippen molar-refractivity contribution in [3.63, 3.8) is 0 Å². The Balaban J connectivity index is 2.40. The van der Waals surface area contributed by atoms with Crippen molar-refractivity contribution in [3.8, 4) is 5.82 Å². The van der Waals surface area contributed by atoms with E-state index in [0.717, 1.165) is 55.5 Å². The van der Waals surface area contributed by atoms with Crippen molar-refractivity contribution in [3.05, 3.63) is 30.1 Å². The maximum atomic E-state index is 4.66. The standard InChI is InChI=1S/C15H23N5/c1-4-7-12-18-13(16-6-3)11-15(19-12)20-10-9-17-14(20)8-5-2/h9-11H,4-8H2,1-3H3,(H,16,18,19). The Bertz CT molecular complexity index is 523. The van der Waals surface area contributed by atoms with Crippen LogP contribution in [-0.4, -0.2) is 26.1 Å². The van der Waals surface area contributed by atoms with E-state index >= 15 is 0 Å². The number of imidazole rings is 1. The summed E-state index contributed by atoms with van der Waals surface area (Å²) in [4.78, 5) is 13.6. The molecule has 2 heterocycles. The molecule has 20 heavy (non-hydrogen) atoms. The molecule has 1 N–H and O–H groups in total. The molecular weight excluding hydrogens is 250 g/mol. The summed E-state index contributed by atoms with van der Waals surface area (Å²) < 4.78 is 2.06. The molecule has 2 aromatic heterocycles. The van der Waals surface area contributed by atoms with Gasteiger partial charge in [-0.2, -0.15) is 0 Å². The molecule has 0 amide bonds. The highest BCUT2D eigenvalue weighted by atomic mass is 15.1. The zero-order valence-electron chi connectivity index (χ0n) is 12.6. The number of nitrogens with zero attached hydrogens (tertiary/aromatic N) is 4. The second-order valence-corrected chi connectivity index (χ2v) is 4.77. The van der Waals surface area contributed by atoms with Crippen LogP contribution in [0.3, 0.4) is 0 Å². The van der Waals surface area contributed by atoms with Crippen molar-refractivity contribution in [1.29, 1.82) is 0 Å². The van der Waals surface area contributed by atoms with Gasteiger partial charge in [0.2, 0.25) is 0 Å². The van der Waals surface area contributed by atoms with E-state index in [4.69, 9.17) is 0 Å². The van der Waals surface area contributed by atoms with E-state index in [2.05, 4.69) is 45.6 Å². The van der Waals surface area contributed by atoms with Crippen LogP contribution in [0.1, 0.15) is 45.3 Å². The van der Waals surface area contributed by atoms with E-state index in [1.165, 1.54) is 0 Å². The minimum Gasteiger partial charge on any atom is -0.370 e. The number of aryl methyl sites for hydroxylation is 2. The Hall–Kier alpha value is -1.91. The maximum Gasteiger partial charge on any atom is 0.143 e. The summed E-state index contributed by atoms with van der Waals surface area (Å²) >= 11 is 0. The molecule has 0 bridgehead atoms. The van der Waals surface area contributed by atoms with Gasteiger partial charge in [0.25, 0.3) is 0 Å². The number of rotatable bonds is 7. The van der Waals surface area contributed by atoms with Gasteiger partial charge in [-0.15, -0.1) is 0 Å². The third-order valence-corrected chi connectivity index (χ3v) is 3.03. The largest absolute Gasteiger partial charge is 0.370 e. The first kappa shape index (κ1) is 14.5. The topological polar surface area (TPSA) is 55.6 Å².